The number of methoxy groups -OCH3 is 3. The number of nitrogens with two attached hydrogens (primary N) is 1. The molecule has 0 aliphatic carbocycles. The van der Waals surface area contributed by atoms with Crippen molar-refractivity contribution >= 4 is 0 Å². The van der Waals surface area contributed by atoms with Crippen molar-refractivity contribution in [2.45, 2.75) is 18.9 Å². The Balaban J connectivity index is 2.64. The van der Waals surface area contributed by atoms with Gasteiger partial charge < -0.3 is 24.7 Å². The molecule has 0 radical (unpaired) electrons. The third kappa shape index (κ3) is 5.77. The summed E-state index contributed by atoms with van der Waals surface area (Å²) in [6.07, 6.45) is 1.58. The minimum Gasteiger partial charge on any atom is -0.493 e. The lowest BCUT2D eigenvalue weighted by molar-refractivity contribution is 0.170. The van der Waals surface area contributed by atoms with Crippen LogP contribution in [0, 0.1) is 0 Å². The highest BCUT2D eigenvalue weighted by Crippen LogP contribution is 2.28. The fourth-order valence-electron chi connectivity index (χ4n) is 1.92. The van der Waals surface area contributed by atoms with Crippen molar-refractivity contribution in [3.63, 3.8) is 0 Å². The number of rotatable bonds is 10. The molecule has 114 valence electrons. The van der Waals surface area contributed by atoms with Crippen LogP contribution < -0.4 is 15.2 Å². The van der Waals surface area contributed by atoms with E-state index < -0.39 is 0 Å². The number of ether oxygens (including phenoxy) is 4. The largest absolute Gasteiger partial charge is 0.493 e. The molecule has 0 fully saturated rings. The van der Waals surface area contributed by atoms with E-state index in [0.29, 0.717) is 19.8 Å². The molecule has 0 amide bonds. The van der Waals surface area contributed by atoms with Crippen LogP contribution in [-0.2, 0) is 15.9 Å². The van der Waals surface area contributed by atoms with E-state index in [1.807, 2.05) is 18.2 Å². The molecule has 0 aliphatic heterocycles. The Bertz CT molecular complexity index is 384. The number of hydrogen-bond donors (Lipinski definition) is 1. The third-order valence-electron chi connectivity index (χ3n) is 2.86. The van der Waals surface area contributed by atoms with E-state index in [-0.39, 0.29) is 6.04 Å². The van der Waals surface area contributed by atoms with Crippen LogP contribution in [-0.4, -0.2) is 47.2 Å². The van der Waals surface area contributed by atoms with Gasteiger partial charge in [0.05, 0.1) is 20.3 Å². The van der Waals surface area contributed by atoms with Gasteiger partial charge in [-0.05, 0) is 24.1 Å². The maximum atomic E-state index is 5.96. The zero-order valence-corrected chi connectivity index (χ0v) is 12.6. The molecule has 2 N–H and O–H groups in total. The summed E-state index contributed by atoms with van der Waals surface area (Å²) in [5, 5.41) is 0. The van der Waals surface area contributed by atoms with E-state index in [2.05, 4.69) is 0 Å². The van der Waals surface area contributed by atoms with E-state index in [0.717, 1.165) is 29.9 Å². The van der Waals surface area contributed by atoms with Gasteiger partial charge in [-0.15, -0.1) is 0 Å². The van der Waals surface area contributed by atoms with Crippen molar-refractivity contribution in [2.75, 3.05) is 41.2 Å². The zero-order chi connectivity index (χ0) is 14.8. The summed E-state index contributed by atoms with van der Waals surface area (Å²) in [6, 6.07) is 5.85. The van der Waals surface area contributed by atoms with Gasteiger partial charge in [0, 0.05) is 33.3 Å². The van der Waals surface area contributed by atoms with E-state index in [1.54, 1.807) is 21.3 Å². The highest BCUT2D eigenvalue weighted by molar-refractivity contribution is 5.43. The Labute approximate surface area is 121 Å². The van der Waals surface area contributed by atoms with Crippen LogP contribution in [0.3, 0.4) is 0 Å². The Morgan fingerprint density at radius 3 is 2.50 bits per heavy atom. The molecule has 0 heterocycles. The van der Waals surface area contributed by atoms with Crippen molar-refractivity contribution < 1.29 is 18.9 Å². The Morgan fingerprint density at radius 1 is 1.05 bits per heavy atom. The summed E-state index contributed by atoms with van der Waals surface area (Å²) in [4.78, 5) is 0. The fraction of sp³-hybridized carbons (Fsp3) is 0.600. The van der Waals surface area contributed by atoms with Gasteiger partial charge in [-0.1, -0.05) is 6.07 Å². The predicted molar refractivity (Wildman–Crippen MR) is 78.5 cm³/mol. The average molecular weight is 283 g/mol. The summed E-state index contributed by atoms with van der Waals surface area (Å²) >= 11 is 0. The van der Waals surface area contributed by atoms with E-state index in [4.69, 9.17) is 24.7 Å². The van der Waals surface area contributed by atoms with Gasteiger partial charge in [0.1, 0.15) is 0 Å². The molecule has 1 rings (SSSR count). The molecular formula is C15H25NO4. The second kappa shape index (κ2) is 9.58. The molecule has 0 saturated heterocycles. The van der Waals surface area contributed by atoms with E-state index in [1.165, 1.54) is 0 Å². The molecule has 0 bridgehead atoms. The number of benzene rings is 1. The lowest BCUT2D eigenvalue weighted by Crippen LogP contribution is -2.27. The number of hydrogen-bond acceptors (Lipinski definition) is 5. The summed E-state index contributed by atoms with van der Waals surface area (Å²) in [6.45, 7) is 1.81. The van der Waals surface area contributed by atoms with E-state index in [9.17, 15) is 0 Å². The van der Waals surface area contributed by atoms with Crippen LogP contribution in [0.25, 0.3) is 0 Å². The second-order valence-electron chi connectivity index (χ2n) is 4.60. The molecule has 1 atom stereocenters. The van der Waals surface area contributed by atoms with Crippen LogP contribution >= 0.6 is 0 Å². The standard InChI is InChI=1S/C15H25NO4/c1-17-7-4-8-20-15-10-12(5-6-14(15)19-3)9-13(16)11-18-2/h5-6,10,13H,4,7-9,11,16H2,1-3H3. The highest BCUT2D eigenvalue weighted by atomic mass is 16.5. The van der Waals surface area contributed by atoms with E-state index >= 15 is 0 Å². The van der Waals surface area contributed by atoms with Crippen LogP contribution in [0.1, 0.15) is 12.0 Å². The molecule has 1 aromatic rings. The summed E-state index contributed by atoms with van der Waals surface area (Å²) < 4.78 is 21.1. The summed E-state index contributed by atoms with van der Waals surface area (Å²) in [7, 11) is 4.96. The minimum absolute atomic E-state index is 0.0188. The highest BCUT2D eigenvalue weighted by Gasteiger charge is 2.09. The molecule has 20 heavy (non-hydrogen) atoms. The smallest absolute Gasteiger partial charge is 0.161 e. The SMILES string of the molecule is COCCCOc1cc(CC(N)COC)ccc1OC. The molecule has 0 spiro atoms. The first-order valence-electron chi connectivity index (χ1n) is 6.74. The van der Waals surface area contributed by atoms with Crippen molar-refractivity contribution in [1.29, 1.82) is 0 Å². The van der Waals surface area contributed by atoms with Crippen LogP contribution in [0.5, 0.6) is 11.5 Å². The van der Waals surface area contributed by atoms with Crippen molar-refractivity contribution in [1.82, 2.24) is 0 Å². The maximum absolute atomic E-state index is 5.96. The molecule has 5 heteroatoms. The summed E-state index contributed by atoms with van der Waals surface area (Å²) in [5.74, 6) is 1.47. The average Bonchev–Trinajstić information content (AvgIpc) is 2.44. The fourth-order valence-corrected chi connectivity index (χ4v) is 1.92. The molecule has 0 aliphatic rings. The lowest BCUT2D eigenvalue weighted by atomic mass is 10.1. The lowest BCUT2D eigenvalue weighted by Gasteiger charge is -2.14. The Morgan fingerprint density at radius 2 is 1.85 bits per heavy atom. The molecule has 5 nitrogen and oxygen atoms in total. The predicted octanol–water partition coefficient (Wildman–Crippen LogP) is 1.63. The molecule has 1 aromatic carbocycles. The zero-order valence-electron chi connectivity index (χ0n) is 12.6. The molecule has 0 aromatic heterocycles. The Kier molecular flexibility index (Phi) is 8.02. The topological polar surface area (TPSA) is 62.9 Å². The van der Waals surface area contributed by atoms with Gasteiger partial charge in [0.25, 0.3) is 0 Å². The monoisotopic (exact) mass is 283 g/mol. The first kappa shape index (κ1) is 16.8. The normalized spacial score (nSPS) is 12.2. The van der Waals surface area contributed by atoms with Gasteiger partial charge in [-0.25, -0.2) is 0 Å². The molecule has 0 saturated carbocycles. The maximum Gasteiger partial charge on any atom is 0.161 e. The van der Waals surface area contributed by atoms with Gasteiger partial charge in [0.15, 0.2) is 11.5 Å². The van der Waals surface area contributed by atoms with Gasteiger partial charge in [0.2, 0.25) is 0 Å². The molecule has 1 unspecified atom stereocenters. The first-order valence-corrected chi connectivity index (χ1v) is 6.74. The van der Waals surface area contributed by atoms with Crippen molar-refractivity contribution in [3.8, 4) is 11.5 Å². The quantitative estimate of drug-likeness (QED) is 0.661. The van der Waals surface area contributed by atoms with Crippen LogP contribution in [0.4, 0.5) is 0 Å². The van der Waals surface area contributed by atoms with Gasteiger partial charge in [-0.3, -0.25) is 0 Å². The Hall–Kier alpha value is -1.30. The second-order valence-corrected chi connectivity index (χ2v) is 4.60. The van der Waals surface area contributed by atoms with Crippen molar-refractivity contribution in [2.24, 2.45) is 5.73 Å². The minimum atomic E-state index is -0.0188. The third-order valence-corrected chi connectivity index (χ3v) is 2.86. The van der Waals surface area contributed by atoms with Crippen LogP contribution in [0.15, 0.2) is 18.2 Å². The van der Waals surface area contributed by atoms with Gasteiger partial charge in [-0.2, -0.15) is 0 Å². The van der Waals surface area contributed by atoms with Crippen molar-refractivity contribution in [3.05, 3.63) is 23.8 Å². The molecular weight excluding hydrogens is 258 g/mol. The summed E-state index contributed by atoms with van der Waals surface area (Å²) in [5.41, 5.74) is 7.07. The first-order chi connectivity index (χ1) is 9.71. The van der Waals surface area contributed by atoms with Crippen LogP contribution in [0.2, 0.25) is 0 Å². The van der Waals surface area contributed by atoms with Gasteiger partial charge >= 0.3 is 0 Å².